The predicted molar refractivity (Wildman–Crippen MR) is 69.0 cm³/mol. The summed E-state index contributed by atoms with van der Waals surface area (Å²) in [5, 5.41) is 8.39. The SMILES string of the molecule is c1ccc2c(-c3nc4ccncc4[nH]3)n[nH]c2c1. The molecule has 0 aliphatic heterocycles. The first-order valence-electron chi connectivity index (χ1n) is 5.65. The first kappa shape index (κ1) is 9.35. The summed E-state index contributed by atoms with van der Waals surface area (Å²) in [4.78, 5) is 11.8. The number of fused-ring (bicyclic) bond motifs is 2. The minimum absolute atomic E-state index is 0.760. The van der Waals surface area contributed by atoms with Crippen molar-refractivity contribution in [1.82, 2.24) is 25.1 Å². The fourth-order valence-electron chi connectivity index (χ4n) is 2.11. The number of benzene rings is 1. The van der Waals surface area contributed by atoms with E-state index < -0.39 is 0 Å². The van der Waals surface area contributed by atoms with Crippen LogP contribution in [0.5, 0.6) is 0 Å². The average molecular weight is 235 g/mol. The molecule has 0 atom stereocenters. The van der Waals surface area contributed by atoms with Gasteiger partial charge in [-0.2, -0.15) is 5.10 Å². The van der Waals surface area contributed by atoms with Crippen LogP contribution in [0, 0.1) is 0 Å². The number of aromatic amines is 2. The second-order valence-electron chi connectivity index (χ2n) is 4.10. The number of nitrogens with one attached hydrogen (secondary N) is 2. The molecule has 0 spiro atoms. The van der Waals surface area contributed by atoms with E-state index in [-0.39, 0.29) is 0 Å². The monoisotopic (exact) mass is 235 g/mol. The molecule has 0 amide bonds. The van der Waals surface area contributed by atoms with Gasteiger partial charge in [0.2, 0.25) is 0 Å². The highest BCUT2D eigenvalue weighted by molar-refractivity contribution is 5.92. The van der Waals surface area contributed by atoms with Crippen LogP contribution in [0.15, 0.2) is 42.7 Å². The minimum Gasteiger partial charge on any atom is -0.335 e. The lowest BCUT2D eigenvalue weighted by Crippen LogP contribution is -1.80. The van der Waals surface area contributed by atoms with Crippen LogP contribution in [-0.4, -0.2) is 25.1 Å². The molecule has 5 heteroatoms. The lowest BCUT2D eigenvalue weighted by molar-refractivity contribution is 1.11. The zero-order valence-electron chi connectivity index (χ0n) is 9.38. The summed E-state index contributed by atoms with van der Waals surface area (Å²) in [5.41, 5.74) is 3.65. The van der Waals surface area contributed by atoms with Gasteiger partial charge in [-0.05, 0) is 12.1 Å². The second-order valence-corrected chi connectivity index (χ2v) is 4.10. The Morgan fingerprint density at radius 1 is 1.00 bits per heavy atom. The van der Waals surface area contributed by atoms with Crippen molar-refractivity contribution in [3.05, 3.63) is 42.7 Å². The molecule has 1 aromatic carbocycles. The van der Waals surface area contributed by atoms with Gasteiger partial charge in [-0.3, -0.25) is 10.1 Å². The van der Waals surface area contributed by atoms with Gasteiger partial charge in [0, 0.05) is 11.6 Å². The van der Waals surface area contributed by atoms with E-state index in [0.717, 1.165) is 33.5 Å². The molecule has 3 heterocycles. The van der Waals surface area contributed by atoms with Crippen LogP contribution < -0.4 is 0 Å². The van der Waals surface area contributed by atoms with E-state index in [1.165, 1.54) is 0 Å². The molecule has 0 saturated heterocycles. The summed E-state index contributed by atoms with van der Waals surface area (Å²) in [6, 6.07) is 9.87. The zero-order chi connectivity index (χ0) is 11.9. The number of H-pyrrole nitrogens is 2. The summed E-state index contributed by atoms with van der Waals surface area (Å²) < 4.78 is 0. The summed E-state index contributed by atoms with van der Waals surface area (Å²) in [6.45, 7) is 0. The molecule has 5 nitrogen and oxygen atoms in total. The van der Waals surface area contributed by atoms with Gasteiger partial charge in [0.05, 0.1) is 22.7 Å². The van der Waals surface area contributed by atoms with Gasteiger partial charge >= 0.3 is 0 Å². The number of imidazole rings is 1. The molecule has 0 radical (unpaired) electrons. The predicted octanol–water partition coefficient (Wildman–Crippen LogP) is 2.50. The Bertz CT molecular complexity index is 809. The number of hydrogen-bond donors (Lipinski definition) is 2. The molecule has 0 fully saturated rings. The van der Waals surface area contributed by atoms with Gasteiger partial charge < -0.3 is 4.98 Å². The largest absolute Gasteiger partial charge is 0.335 e. The summed E-state index contributed by atoms with van der Waals surface area (Å²) >= 11 is 0. The van der Waals surface area contributed by atoms with Crippen molar-refractivity contribution >= 4 is 21.9 Å². The molecular weight excluding hydrogens is 226 g/mol. The van der Waals surface area contributed by atoms with Crippen LogP contribution in [-0.2, 0) is 0 Å². The molecular formula is C13H9N5. The van der Waals surface area contributed by atoms with E-state index in [2.05, 4.69) is 25.1 Å². The average Bonchev–Trinajstić information content (AvgIpc) is 3.02. The number of para-hydroxylation sites is 1. The Morgan fingerprint density at radius 2 is 1.94 bits per heavy atom. The van der Waals surface area contributed by atoms with Gasteiger partial charge in [-0.1, -0.05) is 18.2 Å². The Morgan fingerprint density at radius 3 is 2.89 bits per heavy atom. The normalized spacial score (nSPS) is 11.3. The second kappa shape index (κ2) is 3.40. The molecule has 0 bridgehead atoms. The molecule has 86 valence electrons. The number of nitrogens with zero attached hydrogens (tertiary/aromatic N) is 3. The zero-order valence-corrected chi connectivity index (χ0v) is 9.38. The van der Waals surface area contributed by atoms with E-state index >= 15 is 0 Å². The Labute approximate surface area is 102 Å². The van der Waals surface area contributed by atoms with Gasteiger partial charge in [-0.25, -0.2) is 4.98 Å². The smallest absolute Gasteiger partial charge is 0.159 e. The topological polar surface area (TPSA) is 70.2 Å². The van der Waals surface area contributed by atoms with E-state index in [4.69, 9.17) is 0 Å². The van der Waals surface area contributed by atoms with Gasteiger partial charge in [0.25, 0.3) is 0 Å². The van der Waals surface area contributed by atoms with Gasteiger partial charge in [0.1, 0.15) is 5.69 Å². The van der Waals surface area contributed by atoms with Crippen LogP contribution in [0.25, 0.3) is 33.5 Å². The molecule has 4 aromatic rings. The minimum atomic E-state index is 0.760. The lowest BCUT2D eigenvalue weighted by atomic mass is 10.2. The summed E-state index contributed by atoms with van der Waals surface area (Å²) in [6.07, 6.45) is 3.50. The standard InChI is InChI=1S/C13H9N5/c1-2-4-9-8(3-1)12(18-17-9)13-15-10-5-6-14-7-11(10)16-13/h1-7H,(H,15,16)(H,17,18). The number of rotatable bonds is 1. The highest BCUT2D eigenvalue weighted by Gasteiger charge is 2.11. The number of pyridine rings is 1. The van der Waals surface area contributed by atoms with Crippen LogP contribution in [0.3, 0.4) is 0 Å². The Kier molecular flexibility index (Phi) is 1.77. The fraction of sp³-hybridized carbons (Fsp3) is 0. The van der Waals surface area contributed by atoms with Crippen molar-refractivity contribution in [2.45, 2.75) is 0 Å². The molecule has 18 heavy (non-hydrogen) atoms. The Balaban J connectivity index is 2.01. The quantitative estimate of drug-likeness (QED) is 0.532. The first-order chi connectivity index (χ1) is 8.92. The molecule has 0 saturated carbocycles. The first-order valence-corrected chi connectivity index (χ1v) is 5.65. The van der Waals surface area contributed by atoms with Gasteiger partial charge in [-0.15, -0.1) is 0 Å². The maximum atomic E-state index is 4.53. The summed E-state index contributed by atoms with van der Waals surface area (Å²) in [7, 11) is 0. The van der Waals surface area contributed by atoms with Crippen molar-refractivity contribution in [2.24, 2.45) is 0 Å². The molecule has 0 aliphatic carbocycles. The van der Waals surface area contributed by atoms with Crippen LogP contribution in [0.1, 0.15) is 0 Å². The third-order valence-corrected chi connectivity index (χ3v) is 2.98. The molecule has 0 unspecified atom stereocenters. The van der Waals surface area contributed by atoms with Crippen molar-refractivity contribution in [1.29, 1.82) is 0 Å². The third kappa shape index (κ3) is 1.24. The van der Waals surface area contributed by atoms with Gasteiger partial charge in [0.15, 0.2) is 5.82 Å². The van der Waals surface area contributed by atoms with E-state index in [0.29, 0.717) is 0 Å². The van der Waals surface area contributed by atoms with E-state index in [1.807, 2.05) is 30.3 Å². The molecule has 3 aromatic heterocycles. The van der Waals surface area contributed by atoms with Crippen LogP contribution in [0.2, 0.25) is 0 Å². The highest BCUT2D eigenvalue weighted by atomic mass is 15.1. The fourth-order valence-corrected chi connectivity index (χ4v) is 2.11. The molecule has 0 aliphatic rings. The molecule has 4 rings (SSSR count). The lowest BCUT2D eigenvalue weighted by Gasteiger charge is -1.90. The van der Waals surface area contributed by atoms with Crippen LogP contribution >= 0.6 is 0 Å². The summed E-state index contributed by atoms with van der Waals surface area (Å²) in [5.74, 6) is 0.760. The van der Waals surface area contributed by atoms with Crippen molar-refractivity contribution in [3.63, 3.8) is 0 Å². The maximum absolute atomic E-state index is 4.53. The van der Waals surface area contributed by atoms with Crippen molar-refractivity contribution in [3.8, 4) is 11.5 Å². The third-order valence-electron chi connectivity index (χ3n) is 2.98. The molecule has 2 N–H and O–H groups in total. The van der Waals surface area contributed by atoms with E-state index in [1.54, 1.807) is 12.4 Å². The highest BCUT2D eigenvalue weighted by Crippen LogP contribution is 2.25. The van der Waals surface area contributed by atoms with Crippen molar-refractivity contribution < 1.29 is 0 Å². The number of hydrogen-bond acceptors (Lipinski definition) is 3. The Hall–Kier alpha value is -2.69. The van der Waals surface area contributed by atoms with Crippen molar-refractivity contribution in [2.75, 3.05) is 0 Å². The number of aromatic nitrogens is 5. The maximum Gasteiger partial charge on any atom is 0.159 e. The van der Waals surface area contributed by atoms with Crippen LogP contribution in [0.4, 0.5) is 0 Å². The van der Waals surface area contributed by atoms with E-state index in [9.17, 15) is 0 Å².